The van der Waals surface area contributed by atoms with Gasteiger partial charge in [0, 0.05) is 12.1 Å². The third kappa shape index (κ3) is 5.24. The van der Waals surface area contributed by atoms with Gasteiger partial charge in [-0.25, -0.2) is 13.1 Å². The van der Waals surface area contributed by atoms with Crippen molar-refractivity contribution >= 4 is 22.4 Å². The molecule has 1 heterocycles. The molecule has 0 aliphatic carbocycles. The number of nitrogens with zero attached hydrogens (tertiary/aromatic N) is 1. The lowest BCUT2D eigenvalue weighted by Gasteiger charge is -2.32. The van der Waals surface area contributed by atoms with Crippen molar-refractivity contribution in [1.82, 2.24) is 9.62 Å². The summed E-state index contributed by atoms with van der Waals surface area (Å²) < 4.78 is 38.5. The van der Waals surface area contributed by atoms with Crippen LogP contribution in [0.25, 0.3) is 0 Å². The summed E-state index contributed by atoms with van der Waals surface area (Å²) in [5.41, 5.74) is 0. The van der Waals surface area contributed by atoms with Gasteiger partial charge in [0.15, 0.2) is 0 Å². The van der Waals surface area contributed by atoms with E-state index in [0.717, 1.165) is 38.9 Å². The van der Waals surface area contributed by atoms with Crippen molar-refractivity contribution in [2.75, 3.05) is 33.9 Å². The third-order valence-electron chi connectivity index (χ3n) is 4.11. The first-order valence-electron chi connectivity index (χ1n) is 7.97. The molecule has 2 rings (SSSR count). The van der Waals surface area contributed by atoms with Gasteiger partial charge in [0.2, 0.25) is 10.0 Å². The maximum absolute atomic E-state index is 12.7. The summed E-state index contributed by atoms with van der Waals surface area (Å²) in [6.07, 6.45) is 2.77. The van der Waals surface area contributed by atoms with Crippen molar-refractivity contribution in [2.24, 2.45) is 0 Å². The van der Waals surface area contributed by atoms with Crippen molar-refractivity contribution in [1.29, 1.82) is 0 Å². The van der Waals surface area contributed by atoms with E-state index >= 15 is 0 Å². The van der Waals surface area contributed by atoms with Crippen LogP contribution >= 0.6 is 12.4 Å². The minimum Gasteiger partial charge on any atom is -0.497 e. The van der Waals surface area contributed by atoms with E-state index in [1.54, 1.807) is 12.1 Å². The topological polar surface area (TPSA) is 67.9 Å². The van der Waals surface area contributed by atoms with E-state index in [-0.39, 0.29) is 23.3 Å². The highest BCUT2D eigenvalue weighted by Crippen LogP contribution is 2.28. The van der Waals surface area contributed by atoms with Crippen molar-refractivity contribution in [3.05, 3.63) is 18.2 Å². The number of sulfonamides is 1. The zero-order valence-electron chi connectivity index (χ0n) is 14.4. The minimum absolute atomic E-state index is 0. The van der Waals surface area contributed by atoms with E-state index in [2.05, 4.69) is 16.5 Å². The molecule has 0 saturated carbocycles. The SMILES string of the molecule is CCCN1CCC(NS(=O)(=O)c2cc(OC)ccc2OC)CC1.Cl. The molecule has 1 aliphatic rings. The highest BCUT2D eigenvalue weighted by molar-refractivity contribution is 7.89. The van der Waals surface area contributed by atoms with Gasteiger partial charge in [-0.3, -0.25) is 0 Å². The number of halogens is 1. The van der Waals surface area contributed by atoms with Gasteiger partial charge in [-0.2, -0.15) is 0 Å². The molecule has 0 unspecified atom stereocenters. The van der Waals surface area contributed by atoms with Gasteiger partial charge in [-0.1, -0.05) is 6.92 Å². The summed E-state index contributed by atoms with van der Waals surface area (Å²) >= 11 is 0. The summed E-state index contributed by atoms with van der Waals surface area (Å²) in [6, 6.07) is 4.75. The highest BCUT2D eigenvalue weighted by atomic mass is 35.5. The maximum atomic E-state index is 12.7. The van der Waals surface area contributed by atoms with Crippen LogP contribution in [0.3, 0.4) is 0 Å². The molecule has 1 aliphatic heterocycles. The van der Waals surface area contributed by atoms with Crippen LogP contribution in [0.2, 0.25) is 0 Å². The minimum atomic E-state index is -3.64. The number of likely N-dealkylation sites (tertiary alicyclic amines) is 1. The van der Waals surface area contributed by atoms with E-state index in [9.17, 15) is 8.42 Å². The molecular formula is C16H27ClN2O4S. The predicted octanol–water partition coefficient (Wildman–Crippen LogP) is 2.28. The van der Waals surface area contributed by atoms with Gasteiger partial charge in [-0.05, 0) is 51.0 Å². The van der Waals surface area contributed by atoms with Gasteiger partial charge < -0.3 is 14.4 Å². The molecule has 6 nitrogen and oxygen atoms in total. The van der Waals surface area contributed by atoms with Crippen LogP contribution in [0.1, 0.15) is 26.2 Å². The summed E-state index contributed by atoms with van der Waals surface area (Å²) in [4.78, 5) is 2.49. The molecule has 1 N–H and O–H groups in total. The number of hydrogen-bond donors (Lipinski definition) is 1. The van der Waals surface area contributed by atoms with Crippen LogP contribution in [0, 0.1) is 0 Å². The van der Waals surface area contributed by atoms with Crippen LogP contribution in [-0.2, 0) is 10.0 Å². The van der Waals surface area contributed by atoms with E-state index in [1.165, 1.54) is 20.3 Å². The van der Waals surface area contributed by atoms with E-state index in [0.29, 0.717) is 11.5 Å². The Kier molecular flexibility index (Phi) is 8.29. The molecule has 0 amide bonds. The Morgan fingerprint density at radius 3 is 2.42 bits per heavy atom. The molecule has 0 aromatic heterocycles. The summed E-state index contributed by atoms with van der Waals surface area (Å²) in [7, 11) is -0.667. The first-order chi connectivity index (χ1) is 11.0. The smallest absolute Gasteiger partial charge is 0.244 e. The molecule has 0 bridgehead atoms. The van der Waals surface area contributed by atoms with Crippen molar-refractivity contribution in [3.8, 4) is 11.5 Å². The molecule has 1 aromatic rings. The second kappa shape index (κ2) is 9.46. The summed E-state index contributed by atoms with van der Waals surface area (Å²) in [6.45, 7) is 5.08. The molecule has 1 fully saturated rings. The lowest BCUT2D eigenvalue weighted by atomic mass is 10.1. The predicted molar refractivity (Wildman–Crippen MR) is 96.9 cm³/mol. The normalized spacial score (nSPS) is 16.5. The second-order valence-electron chi connectivity index (χ2n) is 5.75. The summed E-state index contributed by atoms with van der Waals surface area (Å²) in [5.74, 6) is 0.811. The van der Waals surface area contributed by atoms with Gasteiger partial charge >= 0.3 is 0 Å². The van der Waals surface area contributed by atoms with E-state index in [1.807, 2.05) is 0 Å². The maximum Gasteiger partial charge on any atom is 0.244 e. The fourth-order valence-corrected chi connectivity index (χ4v) is 4.36. The van der Waals surface area contributed by atoms with Crippen LogP contribution in [0.4, 0.5) is 0 Å². The number of benzene rings is 1. The molecule has 1 saturated heterocycles. The number of methoxy groups -OCH3 is 2. The van der Waals surface area contributed by atoms with E-state index < -0.39 is 10.0 Å². The lowest BCUT2D eigenvalue weighted by Crippen LogP contribution is -2.44. The quantitative estimate of drug-likeness (QED) is 0.788. The number of ether oxygens (including phenoxy) is 2. The second-order valence-corrected chi connectivity index (χ2v) is 7.44. The Morgan fingerprint density at radius 1 is 1.21 bits per heavy atom. The molecule has 8 heteroatoms. The molecule has 0 radical (unpaired) electrons. The lowest BCUT2D eigenvalue weighted by molar-refractivity contribution is 0.208. The zero-order chi connectivity index (χ0) is 16.9. The Labute approximate surface area is 151 Å². The average molecular weight is 379 g/mol. The summed E-state index contributed by atoms with van der Waals surface area (Å²) in [5, 5.41) is 0. The largest absolute Gasteiger partial charge is 0.497 e. The van der Waals surface area contributed by atoms with Crippen molar-refractivity contribution in [3.63, 3.8) is 0 Å². The van der Waals surface area contributed by atoms with Crippen molar-refractivity contribution in [2.45, 2.75) is 37.1 Å². The number of rotatable bonds is 7. The Bertz CT molecular complexity index is 617. The molecule has 24 heavy (non-hydrogen) atoms. The van der Waals surface area contributed by atoms with Gasteiger partial charge in [0.05, 0.1) is 14.2 Å². The monoisotopic (exact) mass is 378 g/mol. The Morgan fingerprint density at radius 2 is 1.88 bits per heavy atom. The Balaban J connectivity index is 0.00000288. The molecule has 0 spiro atoms. The van der Waals surface area contributed by atoms with Crippen LogP contribution in [0.15, 0.2) is 23.1 Å². The highest BCUT2D eigenvalue weighted by Gasteiger charge is 2.26. The molecule has 138 valence electrons. The fourth-order valence-electron chi connectivity index (χ4n) is 2.87. The first kappa shape index (κ1) is 21.0. The zero-order valence-corrected chi connectivity index (χ0v) is 16.1. The average Bonchev–Trinajstić information content (AvgIpc) is 2.56. The number of hydrogen-bond acceptors (Lipinski definition) is 5. The molecule has 1 aromatic carbocycles. The standard InChI is InChI=1S/C16H26N2O4S.ClH/c1-4-9-18-10-7-13(8-11-18)17-23(19,20)16-12-14(21-2)5-6-15(16)22-3;/h5-6,12-13,17H,4,7-11H2,1-3H3;1H. The number of piperidine rings is 1. The van der Waals surface area contributed by atoms with E-state index in [4.69, 9.17) is 9.47 Å². The molecular weight excluding hydrogens is 352 g/mol. The van der Waals surface area contributed by atoms with Gasteiger partial charge in [0.1, 0.15) is 16.4 Å². The Hall–Kier alpha value is -1.02. The van der Waals surface area contributed by atoms with Crippen LogP contribution in [0.5, 0.6) is 11.5 Å². The van der Waals surface area contributed by atoms with Crippen molar-refractivity contribution < 1.29 is 17.9 Å². The van der Waals surface area contributed by atoms with Gasteiger partial charge in [-0.15, -0.1) is 12.4 Å². The van der Waals surface area contributed by atoms with Crippen LogP contribution < -0.4 is 14.2 Å². The first-order valence-corrected chi connectivity index (χ1v) is 9.45. The van der Waals surface area contributed by atoms with Gasteiger partial charge in [0.25, 0.3) is 0 Å². The third-order valence-corrected chi connectivity index (χ3v) is 5.65. The number of nitrogens with one attached hydrogen (secondary N) is 1. The van der Waals surface area contributed by atoms with Crippen LogP contribution in [-0.4, -0.2) is 53.2 Å². The molecule has 0 atom stereocenters. The fraction of sp³-hybridized carbons (Fsp3) is 0.625.